The van der Waals surface area contributed by atoms with Crippen molar-refractivity contribution in [2.75, 3.05) is 6.61 Å². The van der Waals surface area contributed by atoms with Gasteiger partial charge in [0.15, 0.2) is 0 Å². The van der Waals surface area contributed by atoms with Gasteiger partial charge in [-0.3, -0.25) is 0 Å². The number of rotatable bonds is 3. The molecule has 0 bridgehead atoms. The van der Waals surface area contributed by atoms with Crippen molar-refractivity contribution in [2.45, 2.75) is 13.8 Å². The van der Waals surface area contributed by atoms with Crippen LogP contribution in [0.5, 0.6) is 0 Å². The largest absolute Gasteiger partial charge is 0.465 e. The third-order valence-electron chi connectivity index (χ3n) is 1.79. The summed E-state index contributed by atoms with van der Waals surface area (Å²) in [6, 6.07) is 3.71. The third-order valence-corrected chi connectivity index (χ3v) is 1.79. The summed E-state index contributed by atoms with van der Waals surface area (Å²) in [6.07, 6.45) is 3.51. The van der Waals surface area contributed by atoms with Crippen molar-refractivity contribution in [3.8, 4) is 0 Å². The van der Waals surface area contributed by atoms with Crippen LogP contribution in [0.3, 0.4) is 0 Å². The van der Waals surface area contributed by atoms with Gasteiger partial charge in [0.05, 0.1) is 12.9 Å². The Balaban J connectivity index is 2.78. The summed E-state index contributed by atoms with van der Waals surface area (Å²) in [4.78, 5) is 0. The Morgan fingerprint density at radius 2 is 2.42 bits per heavy atom. The molecule has 1 rings (SSSR count). The lowest BCUT2D eigenvalue weighted by molar-refractivity contribution is 0.320. The summed E-state index contributed by atoms with van der Waals surface area (Å²) in [5.74, 6) is 1.16. The summed E-state index contributed by atoms with van der Waals surface area (Å²) in [6.45, 7) is 4.19. The molecule has 12 heavy (non-hydrogen) atoms. The second-order valence-corrected chi connectivity index (χ2v) is 3.05. The molecule has 0 saturated carbocycles. The maximum absolute atomic E-state index is 8.99. The van der Waals surface area contributed by atoms with E-state index in [0.717, 1.165) is 11.3 Å². The number of hydrogen-bond donors (Lipinski definition) is 1. The van der Waals surface area contributed by atoms with E-state index in [1.807, 2.05) is 32.1 Å². The van der Waals surface area contributed by atoms with Gasteiger partial charge >= 0.3 is 0 Å². The fourth-order valence-electron chi connectivity index (χ4n) is 0.951. The van der Waals surface area contributed by atoms with Gasteiger partial charge in [-0.25, -0.2) is 0 Å². The first kappa shape index (κ1) is 9.07. The smallest absolute Gasteiger partial charge is 0.126 e. The van der Waals surface area contributed by atoms with E-state index >= 15 is 0 Å². The molecule has 0 spiro atoms. The lowest BCUT2D eigenvalue weighted by Gasteiger charge is -2.05. The molecule has 0 aliphatic carbocycles. The molecule has 0 aliphatic rings. The molecule has 1 aromatic heterocycles. The van der Waals surface area contributed by atoms with E-state index in [2.05, 4.69) is 0 Å². The van der Waals surface area contributed by atoms with Crippen LogP contribution in [-0.4, -0.2) is 11.7 Å². The first-order valence-electron chi connectivity index (χ1n) is 4.09. The average Bonchev–Trinajstić information content (AvgIpc) is 2.51. The van der Waals surface area contributed by atoms with Crippen molar-refractivity contribution in [1.29, 1.82) is 0 Å². The zero-order valence-corrected chi connectivity index (χ0v) is 7.45. The summed E-state index contributed by atoms with van der Waals surface area (Å²) in [5, 5.41) is 8.99. The van der Waals surface area contributed by atoms with Crippen LogP contribution in [0.25, 0.3) is 6.08 Å². The molecule has 1 heterocycles. The number of hydrogen-bond acceptors (Lipinski definition) is 2. The number of aliphatic hydroxyl groups is 1. The predicted octanol–water partition coefficient (Wildman–Crippen LogP) is 2.31. The van der Waals surface area contributed by atoms with E-state index in [1.165, 1.54) is 0 Å². The predicted molar refractivity (Wildman–Crippen MR) is 48.6 cm³/mol. The van der Waals surface area contributed by atoms with Gasteiger partial charge in [-0.05, 0) is 29.7 Å². The summed E-state index contributed by atoms with van der Waals surface area (Å²) >= 11 is 0. The summed E-state index contributed by atoms with van der Waals surface area (Å²) in [7, 11) is 0. The van der Waals surface area contributed by atoms with Gasteiger partial charge in [0, 0.05) is 0 Å². The first-order valence-corrected chi connectivity index (χ1v) is 4.09. The molecular weight excluding hydrogens is 152 g/mol. The van der Waals surface area contributed by atoms with Gasteiger partial charge in [-0.1, -0.05) is 13.8 Å². The fourth-order valence-corrected chi connectivity index (χ4v) is 0.951. The van der Waals surface area contributed by atoms with E-state index in [-0.39, 0.29) is 6.61 Å². The normalized spacial score (nSPS) is 12.5. The maximum Gasteiger partial charge on any atom is 0.126 e. The van der Waals surface area contributed by atoms with Crippen LogP contribution in [-0.2, 0) is 0 Å². The SMILES string of the molecule is CC(C)C(=Cc1ccco1)CO. The van der Waals surface area contributed by atoms with Crippen molar-refractivity contribution in [1.82, 2.24) is 0 Å². The van der Waals surface area contributed by atoms with E-state index in [4.69, 9.17) is 9.52 Å². The molecule has 1 aromatic rings. The summed E-state index contributed by atoms with van der Waals surface area (Å²) < 4.78 is 5.13. The van der Waals surface area contributed by atoms with Crippen LogP contribution >= 0.6 is 0 Å². The highest BCUT2D eigenvalue weighted by atomic mass is 16.3. The second kappa shape index (κ2) is 4.12. The van der Waals surface area contributed by atoms with Crippen molar-refractivity contribution >= 4 is 6.08 Å². The van der Waals surface area contributed by atoms with E-state index in [9.17, 15) is 0 Å². The van der Waals surface area contributed by atoms with Crippen LogP contribution in [0, 0.1) is 5.92 Å². The number of aliphatic hydroxyl groups excluding tert-OH is 1. The molecule has 1 N–H and O–H groups in total. The molecule has 66 valence electrons. The highest BCUT2D eigenvalue weighted by molar-refractivity contribution is 5.47. The topological polar surface area (TPSA) is 33.4 Å². The van der Waals surface area contributed by atoms with Crippen LogP contribution in [0.4, 0.5) is 0 Å². The van der Waals surface area contributed by atoms with Crippen LogP contribution < -0.4 is 0 Å². The van der Waals surface area contributed by atoms with Crippen LogP contribution in [0.1, 0.15) is 19.6 Å². The molecule has 2 heteroatoms. The van der Waals surface area contributed by atoms with Gasteiger partial charge in [0.2, 0.25) is 0 Å². The lowest BCUT2D eigenvalue weighted by Crippen LogP contribution is -1.98. The van der Waals surface area contributed by atoms with Crippen molar-refractivity contribution in [2.24, 2.45) is 5.92 Å². The Morgan fingerprint density at radius 3 is 2.83 bits per heavy atom. The Kier molecular flexibility index (Phi) is 3.11. The quantitative estimate of drug-likeness (QED) is 0.747. The molecule has 0 unspecified atom stereocenters. The molecule has 0 aromatic carbocycles. The Morgan fingerprint density at radius 1 is 1.67 bits per heavy atom. The lowest BCUT2D eigenvalue weighted by atomic mass is 10.0. The van der Waals surface area contributed by atoms with E-state index < -0.39 is 0 Å². The molecule has 0 atom stereocenters. The van der Waals surface area contributed by atoms with Crippen LogP contribution in [0.2, 0.25) is 0 Å². The van der Waals surface area contributed by atoms with E-state index in [1.54, 1.807) is 6.26 Å². The highest BCUT2D eigenvalue weighted by Gasteiger charge is 2.02. The van der Waals surface area contributed by atoms with Crippen LogP contribution in [0.15, 0.2) is 28.4 Å². The first-order chi connectivity index (χ1) is 5.74. The van der Waals surface area contributed by atoms with Gasteiger partial charge in [-0.15, -0.1) is 0 Å². The van der Waals surface area contributed by atoms with Gasteiger partial charge in [0.25, 0.3) is 0 Å². The molecule has 0 amide bonds. The monoisotopic (exact) mass is 166 g/mol. The summed E-state index contributed by atoms with van der Waals surface area (Å²) in [5.41, 5.74) is 0.991. The minimum atomic E-state index is 0.0956. The van der Waals surface area contributed by atoms with E-state index in [0.29, 0.717) is 5.92 Å². The third kappa shape index (κ3) is 2.24. The standard InChI is InChI=1S/C10H14O2/c1-8(2)9(7-11)6-10-4-3-5-12-10/h3-6,8,11H,7H2,1-2H3. The molecule has 0 saturated heterocycles. The molecule has 2 nitrogen and oxygen atoms in total. The minimum Gasteiger partial charge on any atom is -0.465 e. The Labute approximate surface area is 72.5 Å². The zero-order valence-electron chi connectivity index (χ0n) is 7.45. The maximum atomic E-state index is 8.99. The van der Waals surface area contributed by atoms with Crippen molar-refractivity contribution in [3.63, 3.8) is 0 Å². The zero-order chi connectivity index (χ0) is 8.97. The second-order valence-electron chi connectivity index (χ2n) is 3.05. The highest BCUT2D eigenvalue weighted by Crippen LogP contribution is 2.13. The Bertz CT molecular complexity index is 245. The van der Waals surface area contributed by atoms with Crippen molar-refractivity contribution in [3.05, 3.63) is 29.7 Å². The van der Waals surface area contributed by atoms with Crippen molar-refractivity contribution < 1.29 is 9.52 Å². The van der Waals surface area contributed by atoms with Gasteiger partial charge in [0.1, 0.15) is 5.76 Å². The van der Waals surface area contributed by atoms with Gasteiger partial charge < -0.3 is 9.52 Å². The molecule has 0 radical (unpaired) electrons. The average molecular weight is 166 g/mol. The minimum absolute atomic E-state index is 0.0956. The Hall–Kier alpha value is -1.02. The molecular formula is C10H14O2. The molecule has 0 fully saturated rings. The molecule has 0 aliphatic heterocycles. The van der Waals surface area contributed by atoms with Gasteiger partial charge in [-0.2, -0.15) is 0 Å². The fraction of sp³-hybridized carbons (Fsp3) is 0.400. The number of furan rings is 1.